The Morgan fingerprint density at radius 1 is 1.10 bits per heavy atom. The molecular weight excluding hydrogens is 264 g/mol. The van der Waals surface area contributed by atoms with Gasteiger partial charge in [0.2, 0.25) is 5.75 Å². The topological polar surface area (TPSA) is 50.3 Å². The van der Waals surface area contributed by atoms with Crippen LogP contribution in [0.15, 0.2) is 30.6 Å². The molecule has 0 unspecified atom stereocenters. The quantitative estimate of drug-likeness (QED) is 0.935. The van der Waals surface area contributed by atoms with Crippen LogP contribution in [0.1, 0.15) is 11.1 Å². The van der Waals surface area contributed by atoms with Crippen molar-refractivity contribution in [3.05, 3.63) is 41.7 Å². The number of hydrogen-bond acceptors (Lipinski definition) is 5. The Morgan fingerprint density at radius 3 is 2.33 bits per heavy atom. The first-order valence-electron chi connectivity index (χ1n) is 7.22. The van der Waals surface area contributed by atoms with Crippen molar-refractivity contribution in [1.29, 1.82) is 0 Å². The second-order valence-electron chi connectivity index (χ2n) is 5.08. The number of fused-ring (bicyclic) bond motifs is 1. The van der Waals surface area contributed by atoms with Gasteiger partial charge in [-0.15, -0.1) is 0 Å². The van der Waals surface area contributed by atoms with Gasteiger partial charge in [0.05, 0.1) is 7.11 Å². The third-order valence-corrected chi connectivity index (χ3v) is 3.95. The largest absolute Gasteiger partial charge is 0.490 e. The molecule has 2 heterocycles. The average Bonchev–Trinajstić information content (AvgIpc) is 2.76. The van der Waals surface area contributed by atoms with Gasteiger partial charge < -0.3 is 15.0 Å². The Balaban J connectivity index is 1.89. The molecule has 110 valence electrons. The summed E-state index contributed by atoms with van der Waals surface area (Å²) < 4.78 is 5.51. The average molecular weight is 284 g/mol. The van der Waals surface area contributed by atoms with E-state index < -0.39 is 0 Å². The Hall–Kier alpha value is -2.30. The summed E-state index contributed by atoms with van der Waals surface area (Å²) in [5.74, 6) is 2.31. The lowest BCUT2D eigenvalue weighted by Gasteiger charge is -2.23. The van der Waals surface area contributed by atoms with E-state index in [9.17, 15) is 0 Å². The van der Waals surface area contributed by atoms with Gasteiger partial charge in [0.25, 0.3) is 0 Å². The zero-order valence-electron chi connectivity index (χ0n) is 12.5. The number of anilines is 2. The maximum atomic E-state index is 5.51. The normalized spacial score (nSPS) is 14.3. The summed E-state index contributed by atoms with van der Waals surface area (Å²) in [6.45, 7) is 1.88. The van der Waals surface area contributed by atoms with Gasteiger partial charge in [0.1, 0.15) is 6.33 Å². The lowest BCUT2D eigenvalue weighted by molar-refractivity contribution is 0.412. The summed E-state index contributed by atoms with van der Waals surface area (Å²) in [6, 6.07) is 8.65. The van der Waals surface area contributed by atoms with Crippen molar-refractivity contribution in [3.8, 4) is 5.75 Å². The monoisotopic (exact) mass is 284 g/mol. The molecule has 0 amide bonds. The first-order chi connectivity index (χ1) is 10.3. The summed E-state index contributed by atoms with van der Waals surface area (Å²) in [5, 5.41) is 3.06. The molecule has 0 saturated carbocycles. The molecule has 3 rings (SSSR count). The standard InChI is InChI=1S/C16H20N4O/c1-17-15-14(21-2)16(19-11-18-15)20-9-7-12-5-3-4-6-13(12)8-10-20/h3-6,11H,7-10H2,1-2H3,(H,17,18,19). The van der Waals surface area contributed by atoms with E-state index in [1.165, 1.54) is 11.1 Å². The molecule has 0 atom stereocenters. The maximum absolute atomic E-state index is 5.51. The molecule has 1 N–H and O–H groups in total. The fourth-order valence-electron chi connectivity index (χ4n) is 2.84. The number of hydrogen-bond donors (Lipinski definition) is 1. The zero-order valence-corrected chi connectivity index (χ0v) is 12.5. The molecule has 1 aliphatic rings. The van der Waals surface area contributed by atoms with Gasteiger partial charge in [-0.25, -0.2) is 9.97 Å². The van der Waals surface area contributed by atoms with Crippen molar-refractivity contribution in [3.63, 3.8) is 0 Å². The smallest absolute Gasteiger partial charge is 0.204 e. The molecule has 0 aliphatic carbocycles. The number of nitrogens with one attached hydrogen (secondary N) is 1. The second-order valence-corrected chi connectivity index (χ2v) is 5.08. The van der Waals surface area contributed by atoms with Crippen LogP contribution in [0.5, 0.6) is 5.75 Å². The molecule has 0 bridgehead atoms. The number of methoxy groups -OCH3 is 1. The van der Waals surface area contributed by atoms with Crippen LogP contribution in [0.3, 0.4) is 0 Å². The first-order valence-corrected chi connectivity index (χ1v) is 7.22. The molecule has 1 aromatic carbocycles. The van der Waals surface area contributed by atoms with Crippen molar-refractivity contribution in [1.82, 2.24) is 9.97 Å². The van der Waals surface area contributed by atoms with Crippen LogP contribution in [0.25, 0.3) is 0 Å². The summed E-state index contributed by atoms with van der Waals surface area (Å²) in [5.41, 5.74) is 2.86. The number of rotatable bonds is 3. The number of ether oxygens (including phenoxy) is 1. The molecule has 5 nitrogen and oxygen atoms in total. The lowest BCUT2D eigenvalue weighted by Crippen LogP contribution is -2.27. The van der Waals surface area contributed by atoms with Crippen molar-refractivity contribution in [2.24, 2.45) is 0 Å². The highest BCUT2D eigenvalue weighted by atomic mass is 16.5. The van der Waals surface area contributed by atoms with E-state index in [0.29, 0.717) is 5.75 Å². The van der Waals surface area contributed by atoms with E-state index in [2.05, 4.69) is 44.5 Å². The van der Waals surface area contributed by atoms with Crippen LogP contribution >= 0.6 is 0 Å². The van der Waals surface area contributed by atoms with Gasteiger partial charge in [0, 0.05) is 20.1 Å². The molecule has 0 saturated heterocycles. The molecule has 2 aromatic rings. The summed E-state index contributed by atoms with van der Waals surface area (Å²) in [4.78, 5) is 10.9. The number of aromatic nitrogens is 2. The molecule has 5 heteroatoms. The molecular formula is C16H20N4O. The Bertz CT molecular complexity index is 602. The van der Waals surface area contributed by atoms with E-state index >= 15 is 0 Å². The highest BCUT2D eigenvalue weighted by Gasteiger charge is 2.20. The lowest BCUT2D eigenvalue weighted by atomic mass is 10.0. The summed E-state index contributed by atoms with van der Waals surface area (Å²) >= 11 is 0. The Morgan fingerprint density at radius 2 is 1.76 bits per heavy atom. The zero-order chi connectivity index (χ0) is 14.7. The minimum atomic E-state index is 0.714. The third kappa shape index (κ3) is 2.63. The highest BCUT2D eigenvalue weighted by molar-refractivity contribution is 5.64. The van der Waals surface area contributed by atoms with Gasteiger partial charge in [-0.05, 0) is 24.0 Å². The van der Waals surface area contributed by atoms with Crippen molar-refractivity contribution in [2.45, 2.75) is 12.8 Å². The van der Waals surface area contributed by atoms with Crippen molar-refractivity contribution < 1.29 is 4.74 Å². The molecule has 0 spiro atoms. The summed E-state index contributed by atoms with van der Waals surface area (Å²) in [6.07, 6.45) is 3.64. The number of benzene rings is 1. The minimum Gasteiger partial charge on any atom is -0.490 e. The van der Waals surface area contributed by atoms with Crippen LogP contribution in [0, 0.1) is 0 Å². The van der Waals surface area contributed by atoms with Crippen molar-refractivity contribution >= 4 is 11.6 Å². The van der Waals surface area contributed by atoms with Gasteiger partial charge in [-0.2, -0.15) is 0 Å². The van der Waals surface area contributed by atoms with Crippen LogP contribution in [-0.2, 0) is 12.8 Å². The molecule has 0 radical (unpaired) electrons. The SMILES string of the molecule is CNc1ncnc(N2CCc3ccccc3CC2)c1OC. The molecule has 21 heavy (non-hydrogen) atoms. The minimum absolute atomic E-state index is 0.714. The maximum Gasteiger partial charge on any atom is 0.204 e. The highest BCUT2D eigenvalue weighted by Crippen LogP contribution is 2.32. The van der Waals surface area contributed by atoms with Gasteiger partial charge >= 0.3 is 0 Å². The van der Waals surface area contributed by atoms with E-state index in [4.69, 9.17) is 4.74 Å². The second kappa shape index (κ2) is 5.99. The fourth-order valence-corrected chi connectivity index (χ4v) is 2.84. The van der Waals surface area contributed by atoms with Crippen LogP contribution in [0.2, 0.25) is 0 Å². The van der Waals surface area contributed by atoms with Gasteiger partial charge in [-0.3, -0.25) is 0 Å². The summed E-state index contributed by atoms with van der Waals surface area (Å²) in [7, 11) is 3.50. The van der Waals surface area contributed by atoms with E-state index in [0.717, 1.165) is 37.6 Å². The fraction of sp³-hybridized carbons (Fsp3) is 0.375. The van der Waals surface area contributed by atoms with Crippen LogP contribution in [-0.4, -0.2) is 37.2 Å². The van der Waals surface area contributed by atoms with E-state index in [-0.39, 0.29) is 0 Å². The van der Waals surface area contributed by atoms with Crippen LogP contribution in [0.4, 0.5) is 11.6 Å². The first kappa shape index (κ1) is 13.7. The third-order valence-electron chi connectivity index (χ3n) is 3.95. The molecule has 1 aliphatic heterocycles. The Labute approximate surface area is 125 Å². The molecule has 1 aromatic heterocycles. The number of nitrogens with zero attached hydrogens (tertiary/aromatic N) is 3. The predicted octanol–water partition coefficient (Wildman–Crippen LogP) is 2.13. The predicted molar refractivity (Wildman–Crippen MR) is 84.2 cm³/mol. The van der Waals surface area contributed by atoms with E-state index in [1.54, 1.807) is 13.4 Å². The molecule has 0 fully saturated rings. The van der Waals surface area contributed by atoms with Gasteiger partial charge in [-0.1, -0.05) is 24.3 Å². The van der Waals surface area contributed by atoms with E-state index in [1.807, 2.05) is 7.05 Å². The Kier molecular flexibility index (Phi) is 3.90. The van der Waals surface area contributed by atoms with Crippen molar-refractivity contribution in [2.75, 3.05) is 37.5 Å². The van der Waals surface area contributed by atoms with Crippen LogP contribution < -0.4 is 15.0 Å². The van der Waals surface area contributed by atoms with Gasteiger partial charge in [0.15, 0.2) is 11.6 Å².